The van der Waals surface area contributed by atoms with Crippen molar-refractivity contribution < 1.29 is 4.74 Å². The number of hydrogen-bond donors (Lipinski definition) is 1. The molecular weight excluding hydrogens is 222 g/mol. The monoisotopic (exact) mass is 247 g/mol. The van der Waals surface area contributed by atoms with Gasteiger partial charge in [-0.1, -0.05) is 31.9 Å². The molecule has 0 aromatic heterocycles. The SMILES string of the molecule is CNC(c1ccc(OC)c(C)c1)C1(C)CCCC1. The Hall–Kier alpha value is -1.02. The fourth-order valence-corrected chi connectivity index (χ4v) is 3.47. The van der Waals surface area contributed by atoms with Gasteiger partial charge in [-0.05, 0) is 49.4 Å². The standard InChI is InChI=1S/C16H25NO/c1-12-11-13(7-8-14(12)18-4)15(17-3)16(2)9-5-6-10-16/h7-8,11,15,17H,5-6,9-10H2,1-4H3. The number of aryl methyl sites for hydroxylation is 1. The lowest BCUT2D eigenvalue weighted by molar-refractivity contribution is 0.233. The zero-order valence-corrected chi connectivity index (χ0v) is 12.0. The van der Waals surface area contributed by atoms with Gasteiger partial charge in [0.2, 0.25) is 0 Å². The quantitative estimate of drug-likeness (QED) is 0.872. The zero-order chi connectivity index (χ0) is 13.2. The molecule has 0 heterocycles. The third-order valence-electron chi connectivity index (χ3n) is 4.48. The molecule has 0 spiro atoms. The summed E-state index contributed by atoms with van der Waals surface area (Å²) in [6.45, 7) is 4.53. The predicted octanol–water partition coefficient (Wildman–Crippen LogP) is 3.84. The van der Waals surface area contributed by atoms with Crippen molar-refractivity contribution in [1.29, 1.82) is 0 Å². The van der Waals surface area contributed by atoms with Gasteiger partial charge >= 0.3 is 0 Å². The highest BCUT2D eigenvalue weighted by Crippen LogP contribution is 2.47. The molecule has 0 amide bonds. The van der Waals surface area contributed by atoms with E-state index in [9.17, 15) is 0 Å². The molecule has 1 aromatic carbocycles. The number of nitrogens with one attached hydrogen (secondary N) is 1. The number of rotatable bonds is 4. The van der Waals surface area contributed by atoms with Crippen molar-refractivity contribution in [2.75, 3.05) is 14.2 Å². The lowest BCUT2D eigenvalue weighted by Crippen LogP contribution is -2.32. The van der Waals surface area contributed by atoms with Crippen molar-refractivity contribution in [2.45, 2.75) is 45.6 Å². The largest absolute Gasteiger partial charge is 0.496 e. The molecule has 1 fully saturated rings. The first-order chi connectivity index (χ1) is 8.60. The predicted molar refractivity (Wildman–Crippen MR) is 76.1 cm³/mol. The lowest BCUT2D eigenvalue weighted by Gasteiger charge is -2.34. The molecule has 1 aromatic rings. The van der Waals surface area contributed by atoms with Crippen LogP contribution in [-0.2, 0) is 0 Å². The smallest absolute Gasteiger partial charge is 0.121 e. The molecule has 1 N–H and O–H groups in total. The first-order valence-electron chi connectivity index (χ1n) is 6.92. The van der Waals surface area contributed by atoms with Crippen LogP contribution in [0.3, 0.4) is 0 Å². The maximum absolute atomic E-state index is 5.34. The van der Waals surface area contributed by atoms with Crippen molar-refractivity contribution in [3.05, 3.63) is 29.3 Å². The van der Waals surface area contributed by atoms with Gasteiger partial charge in [0.1, 0.15) is 5.75 Å². The van der Waals surface area contributed by atoms with Gasteiger partial charge in [0.25, 0.3) is 0 Å². The van der Waals surface area contributed by atoms with Gasteiger partial charge in [-0.15, -0.1) is 0 Å². The van der Waals surface area contributed by atoms with Crippen LogP contribution in [0.5, 0.6) is 5.75 Å². The fraction of sp³-hybridized carbons (Fsp3) is 0.625. The Morgan fingerprint density at radius 2 is 1.94 bits per heavy atom. The van der Waals surface area contributed by atoms with Gasteiger partial charge in [-0.25, -0.2) is 0 Å². The second-order valence-corrected chi connectivity index (χ2v) is 5.81. The second-order valence-electron chi connectivity index (χ2n) is 5.81. The van der Waals surface area contributed by atoms with Gasteiger partial charge < -0.3 is 10.1 Å². The van der Waals surface area contributed by atoms with E-state index in [1.54, 1.807) is 7.11 Å². The van der Waals surface area contributed by atoms with E-state index in [1.807, 2.05) is 0 Å². The highest BCUT2D eigenvalue weighted by atomic mass is 16.5. The van der Waals surface area contributed by atoms with Crippen molar-refractivity contribution in [2.24, 2.45) is 5.41 Å². The molecule has 2 nitrogen and oxygen atoms in total. The molecule has 2 rings (SSSR count). The average Bonchev–Trinajstić information content (AvgIpc) is 2.78. The van der Waals surface area contributed by atoms with Crippen LogP contribution < -0.4 is 10.1 Å². The second kappa shape index (κ2) is 5.31. The summed E-state index contributed by atoms with van der Waals surface area (Å²) in [5.41, 5.74) is 3.01. The molecule has 0 saturated heterocycles. The van der Waals surface area contributed by atoms with Gasteiger partial charge in [-0.2, -0.15) is 0 Å². The molecule has 2 heteroatoms. The van der Waals surface area contributed by atoms with E-state index < -0.39 is 0 Å². The van der Waals surface area contributed by atoms with Gasteiger partial charge in [-0.3, -0.25) is 0 Å². The molecule has 0 aliphatic heterocycles. The molecular formula is C16H25NO. The van der Waals surface area contributed by atoms with Crippen LogP contribution in [-0.4, -0.2) is 14.2 Å². The van der Waals surface area contributed by atoms with Crippen LogP contribution in [0.15, 0.2) is 18.2 Å². The van der Waals surface area contributed by atoms with Gasteiger partial charge in [0.05, 0.1) is 7.11 Å². The van der Waals surface area contributed by atoms with Crippen molar-refractivity contribution in [3.63, 3.8) is 0 Å². The molecule has 1 unspecified atom stereocenters. The van der Waals surface area contributed by atoms with E-state index in [-0.39, 0.29) is 0 Å². The normalized spacial score (nSPS) is 19.8. The number of methoxy groups -OCH3 is 1. The lowest BCUT2D eigenvalue weighted by atomic mass is 9.77. The number of ether oxygens (including phenoxy) is 1. The molecule has 18 heavy (non-hydrogen) atoms. The Bertz CT molecular complexity index is 408. The molecule has 0 bridgehead atoms. The number of benzene rings is 1. The van der Waals surface area contributed by atoms with Gasteiger partial charge in [0, 0.05) is 6.04 Å². The summed E-state index contributed by atoms with van der Waals surface area (Å²) in [5.74, 6) is 0.977. The summed E-state index contributed by atoms with van der Waals surface area (Å²) >= 11 is 0. The summed E-state index contributed by atoms with van der Waals surface area (Å²) < 4.78 is 5.34. The summed E-state index contributed by atoms with van der Waals surface area (Å²) in [7, 11) is 3.81. The van der Waals surface area contributed by atoms with E-state index in [0.717, 1.165) is 5.75 Å². The molecule has 1 saturated carbocycles. The Morgan fingerprint density at radius 1 is 1.28 bits per heavy atom. The van der Waals surface area contributed by atoms with E-state index in [1.165, 1.54) is 36.8 Å². The van der Waals surface area contributed by atoms with Crippen LogP contribution in [0.25, 0.3) is 0 Å². The van der Waals surface area contributed by atoms with Crippen LogP contribution in [0.1, 0.15) is 49.8 Å². The summed E-state index contributed by atoms with van der Waals surface area (Å²) in [6.07, 6.45) is 5.38. The van der Waals surface area contributed by atoms with E-state index in [4.69, 9.17) is 4.74 Å². The van der Waals surface area contributed by atoms with Crippen molar-refractivity contribution in [3.8, 4) is 5.75 Å². The number of hydrogen-bond acceptors (Lipinski definition) is 2. The summed E-state index contributed by atoms with van der Waals surface area (Å²) in [4.78, 5) is 0. The van der Waals surface area contributed by atoms with E-state index in [0.29, 0.717) is 11.5 Å². The highest BCUT2D eigenvalue weighted by molar-refractivity contribution is 5.38. The Kier molecular flexibility index (Phi) is 3.96. The Balaban J connectivity index is 2.30. The topological polar surface area (TPSA) is 21.3 Å². The van der Waals surface area contributed by atoms with Crippen LogP contribution in [0.4, 0.5) is 0 Å². The Morgan fingerprint density at radius 3 is 2.44 bits per heavy atom. The fourth-order valence-electron chi connectivity index (χ4n) is 3.47. The van der Waals surface area contributed by atoms with Crippen molar-refractivity contribution >= 4 is 0 Å². The van der Waals surface area contributed by atoms with Crippen LogP contribution in [0, 0.1) is 12.3 Å². The maximum atomic E-state index is 5.34. The van der Waals surface area contributed by atoms with Crippen molar-refractivity contribution in [1.82, 2.24) is 5.32 Å². The molecule has 0 radical (unpaired) electrons. The Labute approximate surface area is 111 Å². The molecule has 100 valence electrons. The minimum Gasteiger partial charge on any atom is -0.496 e. The first-order valence-corrected chi connectivity index (χ1v) is 6.92. The minimum absolute atomic E-state index is 0.399. The summed E-state index contributed by atoms with van der Waals surface area (Å²) in [6, 6.07) is 7.01. The van der Waals surface area contributed by atoms with E-state index in [2.05, 4.69) is 44.4 Å². The maximum Gasteiger partial charge on any atom is 0.121 e. The van der Waals surface area contributed by atoms with E-state index >= 15 is 0 Å². The molecule has 1 aliphatic rings. The average molecular weight is 247 g/mol. The zero-order valence-electron chi connectivity index (χ0n) is 12.0. The molecule has 1 atom stereocenters. The third kappa shape index (κ3) is 2.39. The minimum atomic E-state index is 0.399. The van der Waals surface area contributed by atoms with Crippen LogP contribution >= 0.6 is 0 Å². The van der Waals surface area contributed by atoms with Crippen LogP contribution in [0.2, 0.25) is 0 Å². The third-order valence-corrected chi connectivity index (χ3v) is 4.48. The van der Waals surface area contributed by atoms with Gasteiger partial charge in [0.15, 0.2) is 0 Å². The molecule has 1 aliphatic carbocycles. The highest BCUT2D eigenvalue weighted by Gasteiger charge is 2.37. The first kappa shape index (κ1) is 13.4. The summed E-state index contributed by atoms with van der Waals surface area (Å²) in [5, 5.41) is 3.52.